The lowest BCUT2D eigenvalue weighted by atomic mass is 10.0. The standard InChI is InChI=1S/C13H23N3/c1-6-10(2)11(3)15-12-9-14-8-7-13(12)16(4)5/h7-11,15H,6H2,1-5H3. The van der Waals surface area contributed by atoms with Crippen molar-refractivity contribution >= 4 is 11.4 Å². The van der Waals surface area contributed by atoms with Crippen molar-refractivity contribution in [2.45, 2.75) is 33.2 Å². The predicted molar refractivity (Wildman–Crippen MR) is 71.1 cm³/mol. The second-order valence-corrected chi connectivity index (χ2v) is 4.61. The lowest BCUT2D eigenvalue weighted by Gasteiger charge is -2.24. The van der Waals surface area contributed by atoms with Crippen LogP contribution in [0.2, 0.25) is 0 Å². The molecule has 3 heteroatoms. The second-order valence-electron chi connectivity index (χ2n) is 4.61. The second kappa shape index (κ2) is 5.73. The maximum absolute atomic E-state index is 4.18. The van der Waals surface area contributed by atoms with Crippen molar-refractivity contribution < 1.29 is 0 Å². The molecule has 2 atom stereocenters. The summed E-state index contributed by atoms with van der Waals surface area (Å²) in [5, 5.41) is 3.54. The van der Waals surface area contributed by atoms with Crippen molar-refractivity contribution in [2.75, 3.05) is 24.3 Å². The highest BCUT2D eigenvalue weighted by atomic mass is 15.1. The van der Waals surface area contributed by atoms with E-state index >= 15 is 0 Å². The van der Waals surface area contributed by atoms with E-state index in [9.17, 15) is 0 Å². The van der Waals surface area contributed by atoms with Gasteiger partial charge in [-0.2, -0.15) is 0 Å². The van der Waals surface area contributed by atoms with Crippen LogP contribution in [0.15, 0.2) is 18.5 Å². The van der Waals surface area contributed by atoms with Crippen LogP contribution in [-0.2, 0) is 0 Å². The molecule has 1 rings (SSSR count). The molecule has 1 N–H and O–H groups in total. The number of rotatable bonds is 5. The number of anilines is 2. The van der Waals surface area contributed by atoms with Crippen molar-refractivity contribution in [3.8, 4) is 0 Å². The highest BCUT2D eigenvalue weighted by molar-refractivity contribution is 5.68. The van der Waals surface area contributed by atoms with Crippen molar-refractivity contribution in [3.63, 3.8) is 0 Å². The largest absolute Gasteiger partial charge is 0.379 e. The SMILES string of the molecule is CCC(C)C(C)Nc1cnccc1N(C)C. The Hall–Kier alpha value is -1.25. The summed E-state index contributed by atoms with van der Waals surface area (Å²) in [5.41, 5.74) is 2.30. The normalized spacial score (nSPS) is 14.3. The molecular formula is C13H23N3. The lowest BCUT2D eigenvalue weighted by Crippen LogP contribution is -2.24. The number of nitrogens with zero attached hydrogens (tertiary/aromatic N) is 2. The van der Waals surface area contributed by atoms with Crippen molar-refractivity contribution in [2.24, 2.45) is 5.92 Å². The Labute approximate surface area is 98.9 Å². The van der Waals surface area contributed by atoms with E-state index < -0.39 is 0 Å². The summed E-state index contributed by atoms with van der Waals surface area (Å²) < 4.78 is 0. The Kier molecular flexibility index (Phi) is 4.59. The zero-order chi connectivity index (χ0) is 12.1. The molecular weight excluding hydrogens is 198 g/mol. The van der Waals surface area contributed by atoms with Crippen LogP contribution in [0.4, 0.5) is 11.4 Å². The maximum atomic E-state index is 4.18. The predicted octanol–water partition coefficient (Wildman–Crippen LogP) is 2.99. The van der Waals surface area contributed by atoms with E-state index in [-0.39, 0.29) is 0 Å². The summed E-state index contributed by atoms with van der Waals surface area (Å²) in [5.74, 6) is 0.662. The van der Waals surface area contributed by atoms with E-state index in [1.165, 1.54) is 12.1 Å². The number of hydrogen-bond acceptors (Lipinski definition) is 3. The van der Waals surface area contributed by atoms with Crippen LogP contribution in [0, 0.1) is 5.92 Å². The zero-order valence-corrected chi connectivity index (χ0v) is 11.0. The topological polar surface area (TPSA) is 28.2 Å². The van der Waals surface area contributed by atoms with Gasteiger partial charge in [0.1, 0.15) is 0 Å². The van der Waals surface area contributed by atoms with Crippen LogP contribution in [0.1, 0.15) is 27.2 Å². The van der Waals surface area contributed by atoms with E-state index in [4.69, 9.17) is 0 Å². The first-order valence-electron chi connectivity index (χ1n) is 5.94. The highest BCUT2D eigenvalue weighted by Gasteiger charge is 2.12. The average molecular weight is 221 g/mol. The Balaban J connectivity index is 2.80. The summed E-state index contributed by atoms with van der Waals surface area (Å²) in [4.78, 5) is 6.28. The van der Waals surface area contributed by atoms with Gasteiger partial charge in [-0.3, -0.25) is 4.98 Å². The molecule has 0 aliphatic heterocycles. The van der Waals surface area contributed by atoms with Gasteiger partial charge in [-0.05, 0) is 18.9 Å². The van der Waals surface area contributed by atoms with Crippen molar-refractivity contribution in [1.29, 1.82) is 0 Å². The molecule has 0 aliphatic rings. The van der Waals surface area contributed by atoms with Gasteiger partial charge in [0.2, 0.25) is 0 Å². The molecule has 90 valence electrons. The number of hydrogen-bond donors (Lipinski definition) is 1. The van der Waals surface area contributed by atoms with Crippen LogP contribution in [-0.4, -0.2) is 25.1 Å². The number of aromatic nitrogens is 1. The third-order valence-corrected chi connectivity index (χ3v) is 3.16. The first-order chi connectivity index (χ1) is 7.56. The van der Waals surface area contributed by atoms with Crippen LogP contribution in [0.5, 0.6) is 0 Å². The molecule has 1 aromatic rings. The molecule has 1 heterocycles. The van der Waals surface area contributed by atoms with Gasteiger partial charge in [-0.1, -0.05) is 20.3 Å². The fraction of sp³-hybridized carbons (Fsp3) is 0.615. The number of pyridine rings is 1. The van der Waals surface area contributed by atoms with Gasteiger partial charge in [0.15, 0.2) is 0 Å². The van der Waals surface area contributed by atoms with E-state index in [0.29, 0.717) is 12.0 Å². The van der Waals surface area contributed by atoms with Gasteiger partial charge in [0.05, 0.1) is 17.6 Å². The fourth-order valence-corrected chi connectivity index (χ4v) is 1.63. The van der Waals surface area contributed by atoms with E-state index in [0.717, 1.165) is 5.69 Å². The molecule has 0 saturated carbocycles. The molecule has 0 radical (unpaired) electrons. The average Bonchev–Trinajstić information content (AvgIpc) is 2.28. The van der Waals surface area contributed by atoms with Gasteiger partial charge in [-0.15, -0.1) is 0 Å². The van der Waals surface area contributed by atoms with Gasteiger partial charge >= 0.3 is 0 Å². The van der Waals surface area contributed by atoms with Crippen LogP contribution in [0.25, 0.3) is 0 Å². The first kappa shape index (κ1) is 12.8. The van der Waals surface area contributed by atoms with Crippen molar-refractivity contribution in [1.82, 2.24) is 4.98 Å². The van der Waals surface area contributed by atoms with Gasteiger partial charge < -0.3 is 10.2 Å². The third kappa shape index (κ3) is 3.12. The van der Waals surface area contributed by atoms with E-state index in [1.54, 1.807) is 0 Å². The molecule has 2 unspecified atom stereocenters. The first-order valence-corrected chi connectivity index (χ1v) is 5.94. The molecule has 0 amide bonds. The monoisotopic (exact) mass is 221 g/mol. The molecule has 0 aromatic carbocycles. The molecule has 0 saturated heterocycles. The van der Waals surface area contributed by atoms with E-state index in [1.807, 2.05) is 18.5 Å². The lowest BCUT2D eigenvalue weighted by molar-refractivity contribution is 0.494. The summed E-state index contributed by atoms with van der Waals surface area (Å²) in [7, 11) is 4.10. The minimum atomic E-state index is 0.466. The fourth-order valence-electron chi connectivity index (χ4n) is 1.63. The molecule has 0 bridgehead atoms. The van der Waals surface area contributed by atoms with E-state index in [2.05, 4.69) is 50.1 Å². The molecule has 0 fully saturated rings. The Morgan fingerprint density at radius 3 is 2.62 bits per heavy atom. The molecule has 3 nitrogen and oxygen atoms in total. The molecule has 0 spiro atoms. The minimum Gasteiger partial charge on any atom is -0.379 e. The Morgan fingerprint density at radius 1 is 1.38 bits per heavy atom. The zero-order valence-electron chi connectivity index (χ0n) is 11.0. The van der Waals surface area contributed by atoms with Crippen LogP contribution >= 0.6 is 0 Å². The molecule has 1 aromatic heterocycles. The van der Waals surface area contributed by atoms with Crippen LogP contribution < -0.4 is 10.2 Å². The summed E-state index contributed by atoms with van der Waals surface area (Å²) in [6.45, 7) is 6.71. The quantitative estimate of drug-likeness (QED) is 0.828. The Morgan fingerprint density at radius 2 is 2.06 bits per heavy atom. The van der Waals surface area contributed by atoms with Crippen LogP contribution in [0.3, 0.4) is 0 Å². The van der Waals surface area contributed by atoms with Gasteiger partial charge in [-0.25, -0.2) is 0 Å². The summed E-state index contributed by atoms with van der Waals surface area (Å²) in [6, 6.07) is 2.50. The summed E-state index contributed by atoms with van der Waals surface area (Å²) in [6.07, 6.45) is 4.91. The third-order valence-electron chi connectivity index (χ3n) is 3.16. The minimum absolute atomic E-state index is 0.466. The highest BCUT2D eigenvalue weighted by Crippen LogP contribution is 2.24. The smallest absolute Gasteiger partial charge is 0.0766 e. The van der Waals surface area contributed by atoms with Gasteiger partial charge in [0.25, 0.3) is 0 Å². The summed E-state index contributed by atoms with van der Waals surface area (Å²) >= 11 is 0. The van der Waals surface area contributed by atoms with Crippen molar-refractivity contribution in [3.05, 3.63) is 18.5 Å². The molecule has 0 aliphatic carbocycles. The number of nitrogens with one attached hydrogen (secondary N) is 1. The Bertz CT molecular complexity index is 323. The maximum Gasteiger partial charge on any atom is 0.0766 e. The molecule has 16 heavy (non-hydrogen) atoms. The van der Waals surface area contributed by atoms with Gasteiger partial charge in [0, 0.05) is 26.3 Å².